The third-order valence-electron chi connectivity index (χ3n) is 3.42. The zero-order valence-corrected chi connectivity index (χ0v) is 12.5. The van der Waals surface area contributed by atoms with E-state index in [1.165, 1.54) is 6.07 Å². The van der Waals surface area contributed by atoms with Gasteiger partial charge in [-0.05, 0) is 36.2 Å². The van der Waals surface area contributed by atoms with E-state index in [1.54, 1.807) is 26.4 Å². The Balaban J connectivity index is 2.27. The van der Waals surface area contributed by atoms with Crippen LogP contribution in [0.4, 0.5) is 10.1 Å². The van der Waals surface area contributed by atoms with Crippen molar-refractivity contribution >= 4 is 5.69 Å². The van der Waals surface area contributed by atoms with Gasteiger partial charge in [0.15, 0.2) is 11.5 Å². The first kappa shape index (κ1) is 15.2. The molecule has 0 aromatic heterocycles. The maximum atomic E-state index is 13.8. The van der Waals surface area contributed by atoms with Crippen molar-refractivity contribution in [1.82, 2.24) is 0 Å². The number of methoxy groups -OCH3 is 2. The van der Waals surface area contributed by atoms with Crippen LogP contribution in [0.1, 0.15) is 24.9 Å². The van der Waals surface area contributed by atoms with E-state index in [1.807, 2.05) is 24.3 Å². The molecule has 0 heterocycles. The van der Waals surface area contributed by atoms with Crippen LogP contribution < -0.4 is 14.8 Å². The molecule has 2 aromatic carbocycles. The molecule has 0 aliphatic rings. The Morgan fingerprint density at radius 1 is 1.05 bits per heavy atom. The summed E-state index contributed by atoms with van der Waals surface area (Å²) < 4.78 is 24.3. The molecule has 21 heavy (non-hydrogen) atoms. The van der Waals surface area contributed by atoms with Gasteiger partial charge < -0.3 is 14.8 Å². The van der Waals surface area contributed by atoms with E-state index >= 15 is 0 Å². The number of hydrogen-bond acceptors (Lipinski definition) is 3. The van der Waals surface area contributed by atoms with Gasteiger partial charge >= 0.3 is 0 Å². The molecule has 0 saturated heterocycles. The Labute approximate surface area is 124 Å². The van der Waals surface area contributed by atoms with Crippen molar-refractivity contribution in [1.29, 1.82) is 0 Å². The van der Waals surface area contributed by atoms with E-state index in [0.29, 0.717) is 17.2 Å². The molecule has 3 nitrogen and oxygen atoms in total. The fourth-order valence-electron chi connectivity index (χ4n) is 2.26. The van der Waals surface area contributed by atoms with E-state index in [0.717, 1.165) is 12.0 Å². The monoisotopic (exact) mass is 289 g/mol. The van der Waals surface area contributed by atoms with Crippen LogP contribution in [-0.2, 0) is 0 Å². The van der Waals surface area contributed by atoms with Gasteiger partial charge in [0.2, 0.25) is 0 Å². The summed E-state index contributed by atoms with van der Waals surface area (Å²) in [6.07, 6.45) is 0.823. The van der Waals surface area contributed by atoms with Crippen molar-refractivity contribution in [2.75, 3.05) is 19.5 Å². The minimum atomic E-state index is -0.253. The molecule has 0 aliphatic heterocycles. The molecule has 0 spiro atoms. The molecular weight excluding hydrogens is 269 g/mol. The van der Waals surface area contributed by atoms with Crippen LogP contribution in [0.15, 0.2) is 42.5 Å². The van der Waals surface area contributed by atoms with Gasteiger partial charge in [0.25, 0.3) is 0 Å². The number of anilines is 1. The van der Waals surface area contributed by atoms with Crippen molar-refractivity contribution in [3.05, 3.63) is 53.8 Å². The van der Waals surface area contributed by atoms with Gasteiger partial charge in [0, 0.05) is 0 Å². The van der Waals surface area contributed by atoms with Crippen molar-refractivity contribution in [3.8, 4) is 11.5 Å². The van der Waals surface area contributed by atoms with Crippen LogP contribution in [0.5, 0.6) is 11.5 Å². The number of para-hydroxylation sites is 1. The highest BCUT2D eigenvalue weighted by Crippen LogP contribution is 2.32. The van der Waals surface area contributed by atoms with Crippen molar-refractivity contribution in [3.63, 3.8) is 0 Å². The van der Waals surface area contributed by atoms with Crippen molar-refractivity contribution in [2.24, 2.45) is 0 Å². The Morgan fingerprint density at radius 2 is 1.76 bits per heavy atom. The predicted octanol–water partition coefficient (Wildman–Crippen LogP) is 4.41. The SMILES string of the molecule is CCC(Nc1ccccc1F)c1ccc(OC)c(OC)c1. The highest BCUT2D eigenvalue weighted by atomic mass is 19.1. The van der Waals surface area contributed by atoms with Crippen molar-refractivity contribution in [2.45, 2.75) is 19.4 Å². The van der Waals surface area contributed by atoms with E-state index in [-0.39, 0.29) is 11.9 Å². The molecule has 0 saturated carbocycles. The average molecular weight is 289 g/mol. The number of benzene rings is 2. The topological polar surface area (TPSA) is 30.5 Å². The molecule has 0 radical (unpaired) electrons. The lowest BCUT2D eigenvalue weighted by molar-refractivity contribution is 0.354. The predicted molar refractivity (Wildman–Crippen MR) is 82.6 cm³/mol. The van der Waals surface area contributed by atoms with Crippen LogP contribution in [0, 0.1) is 5.82 Å². The minimum Gasteiger partial charge on any atom is -0.493 e. The van der Waals surface area contributed by atoms with Crippen LogP contribution in [0.2, 0.25) is 0 Å². The van der Waals surface area contributed by atoms with Gasteiger partial charge in [-0.2, -0.15) is 0 Å². The van der Waals surface area contributed by atoms with E-state index in [9.17, 15) is 4.39 Å². The van der Waals surface area contributed by atoms with Gasteiger partial charge in [-0.25, -0.2) is 4.39 Å². The van der Waals surface area contributed by atoms with Crippen LogP contribution in [0.25, 0.3) is 0 Å². The molecule has 2 aromatic rings. The normalized spacial score (nSPS) is 11.8. The molecule has 1 N–H and O–H groups in total. The van der Waals surface area contributed by atoms with Gasteiger partial charge in [-0.1, -0.05) is 25.1 Å². The molecule has 1 unspecified atom stereocenters. The van der Waals surface area contributed by atoms with Gasteiger partial charge in [-0.15, -0.1) is 0 Å². The smallest absolute Gasteiger partial charge is 0.161 e. The second-order valence-corrected chi connectivity index (χ2v) is 4.70. The fourth-order valence-corrected chi connectivity index (χ4v) is 2.26. The zero-order valence-electron chi connectivity index (χ0n) is 12.5. The second-order valence-electron chi connectivity index (χ2n) is 4.70. The number of nitrogens with one attached hydrogen (secondary N) is 1. The van der Waals surface area contributed by atoms with Gasteiger partial charge in [-0.3, -0.25) is 0 Å². The highest BCUT2D eigenvalue weighted by molar-refractivity contribution is 5.49. The summed E-state index contributed by atoms with van der Waals surface area (Å²) in [6.45, 7) is 2.05. The minimum absolute atomic E-state index is 0.00158. The lowest BCUT2D eigenvalue weighted by Crippen LogP contribution is -2.11. The summed E-state index contributed by atoms with van der Waals surface area (Å²) in [5, 5.41) is 3.23. The quantitative estimate of drug-likeness (QED) is 0.854. The van der Waals surface area contributed by atoms with Crippen LogP contribution >= 0.6 is 0 Å². The Kier molecular flexibility index (Phi) is 5.04. The molecule has 0 fully saturated rings. The maximum absolute atomic E-state index is 13.8. The third-order valence-corrected chi connectivity index (χ3v) is 3.42. The van der Waals surface area contributed by atoms with E-state index in [2.05, 4.69) is 12.2 Å². The summed E-state index contributed by atoms with van der Waals surface area (Å²) in [6, 6.07) is 12.4. The summed E-state index contributed by atoms with van der Waals surface area (Å²) in [7, 11) is 3.21. The Bertz CT molecular complexity index is 601. The first-order valence-corrected chi connectivity index (χ1v) is 6.92. The molecular formula is C17H20FNO2. The summed E-state index contributed by atoms with van der Waals surface area (Å²) >= 11 is 0. The fraction of sp³-hybridized carbons (Fsp3) is 0.294. The standard InChI is InChI=1S/C17H20FNO2/c1-4-14(19-15-8-6-5-7-13(15)18)12-9-10-16(20-2)17(11-12)21-3/h5-11,14,19H,4H2,1-3H3. The first-order valence-electron chi connectivity index (χ1n) is 6.92. The molecule has 0 bridgehead atoms. The third kappa shape index (κ3) is 3.45. The largest absolute Gasteiger partial charge is 0.493 e. The molecule has 2 rings (SSSR count). The molecule has 4 heteroatoms. The van der Waals surface area contributed by atoms with Gasteiger partial charge in [0.1, 0.15) is 5.82 Å². The number of halogens is 1. The number of hydrogen-bond donors (Lipinski definition) is 1. The van der Waals surface area contributed by atoms with Gasteiger partial charge in [0.05, 0.1) is 25.9 Å². The summed E-state index contributed by atoms with van der Waals surface area (Å²) in [5.74, 6) is 1.10. The Morgan fingerprint density at radius 3 is 2.38 bits per heavy atom. The molecule has 0 aliphatic carbocycles. The van der Waals surface area contributed by atoms with Crippen molar-refractivity contribution < 1.29 is 13.9 Å². The van der Waals surface area contributed by atoms with E-state index in [4.69, 9.17) is 9.47 Å². The number of rotatable bonds is 6. The van der Waals surface area contributed by atoms with Crippen LogP contribution in [0.3, 0.4) is 0 Å². The molecule has 1 atom stereocenters. The lowest BCUT2D eigenvalue weighted by Gasteiger charge is -2.20. The molecule has 0 amide bonds. The lowest BCUT2D eigenvalue weighted by atomic mass is 10.0. The highest BCUT2D eigenvalue weighted by Gasteiger charge is 2.14. The maximum Gasteiger partial charge on any atom is 0.161 e. The number of ether oxygens (including phenoxy) is 2. The second kappa shape index (κ2) is 6.97. The zero-order chi connectivity index (χ0) is 15.2. The van der Waals surface area contributed by atoms with Crippen LogP contribution in [-0.4, -0.2) is 14.2 Å². The van der Waals surface area contributed by atoms with E-state index < -0.39 is 0 Å². The first-order chi connectivity index (χ1) is 10.2. The summed E-state index contributed by atoms with van der Waals surface area (Å²) in [4.78, 5) is 0. The molecule has 112 valence electrons. The average Bonchev–Trinajstić information content (AvgIpc) is 2.53. The summed E-state index contributed by atoms with van der Waals surface area (Å²) in [5.41, 5.74) is 1.53. The Hall–Kier alpha value is -2.23.